The molecule has 0 aliphatic carbocycles. The average Bonchev–Trinajstić information content (AvgIpc) is 2.87. The molecule has 0 atom stereocenters. The molecule has 0 unspecified atom stereocenters. The fourth-order valence-electron chi connectivity index (χ4n) is 1.95. The highest BCUT2D eigenvalue weighted by atomic mass is 32.1. The van der Waals surface area contributed by atoms with Crippen molar-refractivity contribution in [2.45, 2.75) is 13.1 Å². The first kappa shape index (κ1) is 15.4. The van der Waals surface area contributed by atoms with Crippen molar-refractivity contribution in [3.8, 4) is 0 Å². The van der Waals surface area contributed by atoms with Crippen molar-refractivity contribution in [1.82, 2.24) is 9.97 Å². The highest BCUT2D eigenvalue weighted by molar-refractivity contribution is 7.22. The van der Waals surface area contributed by atoms with E-state index in [1.807, 2.05) is 25.1 Å². The maximum atomic E-state index is 12.4. The van der Waals surface area contributed by atoms with Crippen molar-refractivity contribution in [3.05, 3.63) is 53.3 Å². The standard InChI is InChI=1S/C15H10F3N3OS/c1-8-2-4-10-11(6-8)23-14(20-10)21-13(22)9-3-5-12(19-7-9)15(16,17)18/h2-7H,1H3,(H,20,21,22). The Hall–Kier alpha value is -2.48. The fraction of sp³-hybridized carbons (Fsp3) is 0.133. The second-order valence-electron chi connectivity index (χ2n) is 4.87. The maximum absolute atomic E-state index is 12.4. The lowest BCUT2D eigenvalue weighted by Gasteiger charge is -2.06. The molecule has 4 nitrogen and oxygen atoms in total. The monoisotopic (exact) mass is 337 g/mol. The molecule has 0 fully saturated rings. The Kier molecular flexibility index (Phi) is 3.77. The molecular weight excluding hydrogens is 327 g/mol. The first-order valence-corrected chi connectivity index (χ1v) is 7.36. The highest BCUT2D eigenvalue weighted by Crippen LogP contribution is 2.28. The van der Waals surface area contributed by atoms with E-state index in [1.54, 1.807) is 0 Å². The number of aromatic nitrogens is 2. The topological polar surface area (TPSA) is 54.9 Å². The summed E-state index contributed by atoms with van der Waals surface area (Å²) in [6.07, 6.45) is -3.63. The third-order valence-corrected chi connectivity index (χ3v) is 4.01. The number of nitrogens with one attached hydrogen (secondary N) is 1. The van der Waals surface area contributed by atoms with Gasteiger partial charge in [-0.15, -0.1) is 0 Å². The molecule has 0 aliphatic rings. The van der Waals surface area contributed by atoms with Crippen LogP contribution in [0.2, 0.25) is 0 Å². The molecule has 0 saturated carbocycles. The normalized spacial score (nSPS) is 11.7. The summed E-state index contributed by atoms with van der Waals surface area (Å²) in [5, 5.41) is 2.96. The molecule has 2 aromatic heterocycles. The van der Waals surface area contributed by atoms with Crippen LogP contribution in [0.5, 0.6) is 0 Å². The van der Waals surface area contributed by atoms with Crippen LogP contribution in [0.4, 0.5) is 18.3 Å². The summed E-state index contributed by atoms with van der Waals surface area (Å²) in [6, 6.07) is 7.56. The van der Waals surface area contributed by atoms with Crippen molar-refractivity contribution in [2.75, 3.05) is 5.32 Å². The SMILES string of the molecule is Cc1ccc2nc(NC(=O)c3ccc(C(F)(F)F)nc3)sc2c1. The molecular formula is C15H10F3N3OS. The zero-order valence-corrected chi connectivity index (χ0v) is 12.6. The quantitative estimate of drug-likeness (QED) is 0.760. The molecule has 3 aromatic rings. The van der Waals surface area contributed by atoms with Crippen LogP contribution in [0.1, 0.15) is 21.6 Å². The third kappa shape index (κ3) is 3.31. The Morgan fingerprint density at radius 3 is 2.65 bits per heavy atom. The lowest BCUT2D eigenvalue weighted by atomic mass is 10.2. The van der Waals surface area contributed by atoms with Gasteiger partial charge in [-0.25, -0.2) is 4.98 Å². The first-order chi connectivity index (χ1) is 10.8. The molecule has 0 radical (unpaired) electrons. The molecule has 8 heteroatoms. The van der Waals surface area contributed by atoms with E-state index in [0.29, 0.717) is 5.13 Å². The molecule has 23 heavy (non-hydrogen) atoms. The van der Waals surface area contributed by atoms with Crippen molar-refractivity contribution in [2.24, 2.45) is 0 Å². The van der Waals surface area contributed by atoms with Crippen LogP contribution < -0.4 is 5.32 Å². The van der Waals surface area contributed by atoms with Crippen LogP contribution in [-0.4, -0.2) is 15.9 Å². The fourth-order valence-corrected chi connectivity index (χ4v) is 2.91. The zero-order valence-electron chi connectivity index (χ0n) is 11.8. The minimum Gasteiger partial charge on any atom is -0.298 e. The minimum absolute atomic E-state index is 0.0356. The number of thiazole rings is 1. The number of aryl methyl sites for hydroxylation is 1. The van der Waals surface area contributed by atoms with Gasteiger partial charge in [-0.2, -0.15) is 13.2 Å². The lowest BCUT2D eigenvalue weighted by Crippen LogP contribution is -2.14. The van der Waals surface area contributed by atoms with Crippen LogP contribution in [0.3, 0.4) is 0 Å². The molecule has 1 aromatic carbocycles. The van der Waals surface area contributed by atoms with Gasteiger partial charge in [0.2, 0.25) is 0 Å². The average molecular weight is 337 g/mol. The summed E-state index contributed by atoms with van der Waals surface area (Å²) < 4.78 is 38.3. The second kappa shape index (κ2) is 5.62. The third-order valence-electron chi connectivity index (χ3n) is 3.08. The van der Waals surface area contributed by atoms with E-state index in [0.717, 1.165) is 34.1 Å². The molecule has 0 bridgehead atoms. The molecule has 118 valence electrons. The number of carbonyl (C=O) groups excluding carboxylic acids is 1. The van der Waals surface area contributed by atoms with E-state index < -0.39 is 17.8 Å². The van der Waals surface area contributed by atoms with Crippen LogP contribution in [-0.2, 0) is 6.18 Å². The molecule has 0 saturated heterocycles. The second-order valence-corrected chi connectivity index (χ2v) is 5.90. The van der Waals surface area contributed by atoms with Gasteiger partial charge in [-0.3, -0.25) is 15.1 Å². The molecule has 0 spiro atoms. The number of anilines is 1. The van der Waals surface area contributed by atoms with Crippen LogP contribution >= 0.6 is 11.3 Å². The van der Waals surface area contributed by atoms with Crippen molar-refractivity contribution >= 4 is 32.6 Å². The summed E-state index contributed by atoms with van der Waals surface area (Å²) in [5.41, 5.74) is 0.824. The van der Waals surface area contributed by atoms with Crippen LogP contribution in [0.15, 0.2) is 36.5 Å². The number of hydrogen-bond acceptors (Lipinski definition) is 4. The molecule has 2 heterocycles. The van der Waals surface area contributed by atoms with Gasteiger partial charge in [-0.05, 0) is 36.8 Å². The van der Waals surface area contributed by atoms with Gasteiger partial charge in [0.05, 0.1) is 15.8 Å². The van der Waals surface area contributed by atoms with Crippen LogP contribution in [0, 0.1) is 6.92 Å². The Bertz CT molecular complexity index is 872. The number of hydrogen-bond donors (Lipinski definition) is 1. The predicted octanol–water partition coefficient (Wildman–Crippen LogP) is 4.27. The van der Waals surface area contributed by atoms with Gasteiger partial charge >= 0.3 is 6.18 Å². The Labute approximate surface area is 133 Å². The summed E-state index contributed by atoms with van der Waals surface area (Å²) in [5.74, 6) is -0.554. The van der Waals surface area contributed by atoms with Gasteiger partial charge in [-0.1, -0.05) is 17.4 Å². The molecule has 1 amide bonds. The number of halogens is 3. The number of nitrogens with zero attached hydrogens (tertiary/aromatic N) is 2. The predicted molar refractivity (Wildman–Crippen MR) is 81.5 cm³/mol. The van der Waals surface area contributed by atoms with Crippen LogP contribution in [0.25, 0.3) is 10.2 Å². The largest absolute Gasteiger partial charge is 0.433 e. The van der Waals surface area contributed by atoms with Gasteiger partial charge < -0.3 is 0 Å². The molecule has 0 aliphatic heterocycles. The Morgan fingerprint density at radius 1 is 1.22 bits per heavy atom. The summed E-state index contributed by atoms with van der Waals surface area (Å²) in [4.78, 5) is 19.6. The van der Waals surface area contributed by atoms with E-state index >= 15 is 0 Å². The minimum atomic E-state index is -4.53. The van der Waals surface area contributed by atoms with Gasteiger partial charge in [0, 0.05) is 6.20 Å². The van der Waals surface area contributed by atoms with Gasteiger partial charge in [0.1, 0.15) is 5.69 Å². The van der Waals surface area contributed by atoms with E-state index in [-0.39, 0.29) is 5.56 Å². The number of fused-ring (bicyclic) bond motifs is 1. The first-order valence-electron chi connectivity index (χ1n) is 6.55. The smallest absolute Gasteiger partial charge is 0.298 e. The van der Waals surface area contributed by atoms with Gasteiger partial charge in [0.25, 0.3) is 5.91 Å². The van der Waals surface area contributed by atoms with E-state index in [9.17, 15) is 18.0 Å². The number of carbonyl (C=O) groups is 1. The number of alkyl halides is 3. The molecule has 1 N–H and O–H groups in total. The van der Waals surface area contributed by atoms with Crippen molar-refractivity contribution < 1.29 is 18.0 Å². The van der Waals surface area contributed by atoms with E-state index in [4.69, 9.17) is 0 Å². The maximum Gasteiger partial charge on any atom is 0.433 e. The number of rotatable bonds is 2. The lowest BCUT2D eigenvalue weighted by molar-refractivity contribution is -0.141. The summed E-state index contributed by atoms with van der Waals surface area (Å²) in [6.45, 7) is 1.95. The van der Waals surface area contributed by atoms with E-state index in [1.165, 1.54) is 11.3 Å². The number of amides is 1. The Morgan fingerprint density at radius 2 is 2.00 bits per heavy atom. The summed E-state index contributed by atoms with van der Waals surface area (Å²) >= 11 is 1.30. The zero-order chi connectivity index (χ0) is 16.6. The van der Waals surface area contributed by atoms with Crippen molar-refractivity contribution in [3.63, 3.8) is 0 Å². The summed E-state index contributed by atoms with van der Waals surface area (Å²) in [7, 11) is 0. The van der Waals surface area contributed by atoms with E-state index in [2.05, 4.69) is 15.3 Å². The van der Waals surface area contributed by atoms with Gasteiger partial charge in [0.15, 0.2) is 5.13 Å². The highest BCUT2D eigenvalue weighted by Gasteiger charge is 2.32. The Balaban J connectivity index is 1.80. The molecule has 3 rings (SSSR count). The van der Waals surface area contributed by atoms with Crippen molar-refractivity contribution in [1.29, 1.82) is 0 Å². The number of pyridine rings is 1. The number of benzene rings is 1.